The normalized spacial score (nSPS) is 17.3. The number of rotatable bonds is 6. The van der Waals surface area contributed by atoms with Gasteiger partial charge in [-0.1, -0.05) is 11.6 Å². The van der Waals surface area contributed by atoms with Gasteiger partial charge in [0.25, 0.3) is 5.91 Å². The number of hydrogen-bond acceptors (Lipinski definition) is 5. The molecule has 0 aromatic heterocycles. The van der Waals surface area contributed by atoms with Crippen LogP contribution in [0.2, 0.25) is 5.02 Å². The largest absolute Gasteiger partial charge is 0.496 e. The molecular weight excluding hydrogens is 342 g/mol. The van der Waals surface area contributed by atoms with Gasteiger partial charge in [0.2, 0.25) is 0 Å². The average Bonchev–Trinajstić information content (AvgIpc) is 2.57. The maximum absolute atomic E-state index is 12.8. The summed E-state index contributed by atoms with van der Waals surface area (Å²) < 4.78 is 5.28. The summed E-state index contributed by atoms with van der Waals surface area (Å²) in [5.41, 5.74) is 6.60. The van der Waals surface area contributed by atoms with Crippen LogP contribution >= 0.6 is 11.6 Å². The number of benzene rings is 1. The number of nitrogens with two attached hydrogens (primary N) is 1. The first-order valence-electron chi connectivity index (χ1n) is 8.60. The number of methoxy groups -OCH3 is 1. The standard InChI is InChI=1S/C18H28ClN3O3/c1-12(23)10-22-6-4-13(5-7-22)11-21(2)18(24)14-8-15(19)16(20)9-17(14)25-3/h8-9,12-13,23H,4-7,10-11,20H2,1-3H3. The number of aliphatic hydroxyl groups excluding tert-OH is 1. The van der Waals surface area contributed by atoms with Gasteiger partial charge in [-0.2, -0.15) is 0 Å². The molecule has 1 aliphatic rings. The quantitative estimate of drug-likeness (QED) is 0.751. The fourth-order valence-electron chi connectivity index (χ4n) is 3.31. The van der Waals surface area contributed by atoms with Gasteiger partial charge in [0.15, 0.2) is 0 Å². The van der Waals surface area contributed by atoms with E-state index in [1.165, 1.54) is 7.11 Å². The van der Waals surface area contributed by atoms with Gasteiger partial charge in [0.05, 0.1) is 29.5 Å². The molecule has 140 valence electrons. The van der Waals surface area contributed by atoms with Crippen LogP contribution in [0, 0.1) is 5.92 Å². The highest BCUT2D eigenvalue weighted by Gasteiger charge is 2.24. The Balaban J connectivity index is 1.96. The molecule has 1 unspecified atom stereocenters. The predicted molar refractivity (Wildman–Crippen MR) is 100 cm³/mol. The molecule has 2 rings (SSSR count). The van der Waals surface area contributed by atoms with E-state index in [0.29, 0.717) is 41.0 Å². The van der Waals surface area contributed by atoms with Crippen molar-refractivity contribution < 1.29 is 14.6 Å². The topological polar surface area (TPSA) is 79.0 Å². The highest BCUT2D eigenvalue weighted by atomic mass is 35.5. The molecule has 7 heteroatoms. The average molecular weight is 370 g/mol. The van der Waals surface area contributed by atoms with E-state index < -0.39 is 0 Å². The molecule has 1 atom stereocenters. The molecule has 25 heavy (non-hydrogen) atoms. The zero-order valence-corrected chi connectivity index (χ0v) is 15.9. The molecule has 0 aliphatic carbocycles. The van der Waals surface area contributed by atoms with Gasteiger partial charge in [-0.15, -0.1) is 0 Å². The van der Waals surface area contributed by atoms with E-state index in [0.717, 1.165) is 25.9 Å². The first kappa shape index (κ1) is 19.8. The minimum Gasteiger partial charge on any atom is -0.496 e. The molecule has 1 heterocycles. The number of likely N-dealkylation sites (tertiary alicyclic amines) is 1. The number of aliphatic hydroxyl groups is 1. The Labute approximate surface area is 154 Å². The zero-order chi connectivity index (χ0) is 18.6. The number of piperidine rings is 1. The monoisotopic (exact) mass is 369 g/mol. The summed E-state index contributed by atoms with van der Waals surface area (Å²) in [6.45, 7) is 5.11. The van der Waals surface area contributed by atoms with Crippen LogP contribution in [0.1, 0.15) is 30.1 Å². The molecule has 0 bridgehead atoms. The predicted octanol–water partition coefficient (Wildman–Crippen LogP) is 2.10. The fraction of sp³-hybridized carbons (Fsp3) is 0.611. The van der Waals surface area contributed by atoms with Crippen molar-refractivity contribution >= 4 is 23.2 Å². The maximum atomic E-state index is 12.8. The number of β-amino-alcohol motifs (C(OH)–C–C–N with tert-alkyl or cyclic N) is 1. The summed E-state index contributed by atoms with van der Waals surface area (Å²) in [5.74, 6) is 0.769. The fourth-order valence-corrected chi connectivity index (χ4v) is 3.47. The van der Waals surface area contributed by atoms with Crippen LogP contribution in [0.4, 0.5) is 5.69 Å². The van der Waals surface area contributed by atoms with E-state index in [-0.39, 0.29) is 12.0 Å². The van der Waals surface area contributed by atoms with Gasteiger partial charge >= 0.3 is 0 Å². The second-order valence-electron chi connectivity index (χ2n) is 6.85. The van der Waals surface area contributed by atoms with Gasteiger partial charge in [-0.25, -0.2) is 0 Å². The van der Waals surface area contributed by atoms with E-state index in [2.05, 4.69) is 4.90 Å². The van der Waals surface area contributed by atoms with Crippen LogP contribution in [-0.2, 0) is 0 Å². The lowest BCUT2D eigenvalue weighted by atomic mass is 9.96. The summed E-state index contributed by atoms with van der Waals surface area (Å²) in [5, 5.41) is 9.83. The zero-order valence-electron chi connectivity index (χ0n) is 15.2. The summed E-state index contributed by atoms with van der Waals surface area (Å²) in [6, 6.07) is 3.15. The molecule has 3 N–H and O–H groups in total. The molecular formula is C18H28ClN3O3. The molecule has 0 spiro atoms. The van der Waals surface area contributed by atoms with Crippen LogP contribution in [-0.4, -0.2) is 67.3 Å². The molecule has 1 saturated heterocycles. The Morgan fingerprint density at radius 1 is 1.48 bits per heavy atom. The third-order valence-electron chi connectivity index (χ3n) is 4.66. The number of nitrogens with zero attached hydrogens (tertiary/aromatic N) is 2. The summed E-state index contributed by atoms with van der Waals surface area (Å²) >= 11 is 6.06. The lowest BCUT2D eigenvalue weighted by Gasteiger charge is -2.34. The first-order chi connectivity index (χ1) is 11.8. The van der Waals surface area contributed by atoms with Crippen molar-refractivity contribution in [2.75, 3.05) is 46.1 Å². The van der Waals surface area contributed by atoms with E-state index in [1.807, 2.05) is 6.92 Å². The minimum absolute atomic E-state index is 0.120. The van der Waals surface area contributed by atoms with Gasteiger partial charge in [0.1, 0.15) is 5.75 Å². The molecule has 0 saturated carbocycles. The second-order valence-corrected chi connectivity index (χ2v) is 7.26. The van der Waals surface area contributed by atoms with E-state index in [9.17, 15) is 9.90 Å². The second kappa shape index (κ2) is 8.74. The number of ether oxygens (including phenoxy) is 1. The number of hydrogen-bond donors (Lipinski definition) is 2. The van der Waals surface area contributed by atoms with Gasteiger partial charge in [0, 0.05) is 26.2 Å². The van der Waals surface area contributed by atoms with E-state index in [1.54, 1.807) is 24.1 Å². The van der Waals surface area contributed by atoms with Crippen LogP contribution in [0.15, 0.2) is 12.1 Å². The van der Waals surface area contributed by atoms with E-state index in [4.69, 9.17) is 22.1 Å². The number of carbonyl (C=O) groups excluding carboxylic acids is 1. The Bertz CT molecular complexity index is 601. The first-order valence-corrected chi connectivity index (χ1v) is 8.98. The van der Waals surface area contributed by atoms with Crippen molar-refractivity contribution in [3.8, 4) is 5.75 Å². The lowest BCUT2D eigenvalue weighted by molar-refractivity contribution is 0.0700. The highest BCUT2D eigenvalue weighted by molar-refractivity contribution is 6.33. The molecule has 1 fully saturated rings. The van der Waals surface area contributed by atoms with Crippen molar-refractivity contribution in [2.24, 2.45) is 5.92 Å². The van der Waals surface area contributed by atoms with Crippen molar-refractivity contribution in [1.29, 1.82) is 0 Å². The third kappa shape index (κ3) is 5.23. The minimum atomic E-state index is -0.302. The highest BCUT2D eigenvalue weighted by Crippen LogP contribution is 2.30. The van der Waals surface area contributed by atoms with Gasteiger partial charge in [-0.05, 0) is 44.8 Å². The summed E-state index contributed by atoms with van der Waals surface area (Å²) in [6.07, 6.45) is 1.73. The lowest BCUT2D eigenvalue weighted by Crippen LogP contribution is -2.41. The van der Waals surface area contributed by atoms with Crippen molar-refractivity contribution in [3.05, 3.63) is 22.7 Å². The molecule has 1 amide bonds. The van der Waals surface area contributed by atoms with Crippen LogP contribution in [0.5, 0.6) is 5.75 Å². The Morgan fingerprint density at radius 3 is 2.68 bits per heavy atom. The van der Waals surface area contributed by atoms with Crippen molar-refractivity contribution in [3.63, 3.8) is 0 Å². The van der Waals surface area contributed by atoms with Crippen LogP contribution in [0.25, 0.3) is 0 Å². The Kier molecular flexibility index (Phi) is 6.93. The number of nitrogen functional groups attached to an aromatic ring is 1. The molecule has 1 aromatic carbocycles. The number of halogens is 1. The van der Waals surface area contributed by atoms with Crippen LogP contribution in [0.3, 0.4) is 0 Å². The Hall–Kier alpha value is -1.50. The number of carbonyl (C=O) groups is 1. The molecule has 6 nitrogen and oxygen atoms in total. The van der Waals surface area contributed by atoms with Crippen molar-refractivity contribution in [2.45, 2.75) is 25.9 Å². The van der Waals surface area contributed by atoms with Crippen molar-refractivity contribution in [1.82, 2.24) is 9.80 Å². The molecule has 1 aliphatic heterocycles. The van der Waals surface area contributed by atoms with Gasteiger partial charge < -0.3 is 25.4 Å². The molecule has 0 radical (unpaired) electrons. The van der Waals surface area contributed by atoms with Crippen LogP contribution < -0.4 is 10.5 Å². The summed E-state index contributed by atoms with van der Waals surface area (Å²) in [4.78, 5) is 16.8. The SMILES string of the molecule is COc1cc(N)c(Cl)cc1C(=O)N(C)CC1CCN(CC(C)O)CC1. The van der Waals surface area contributed by atoms with Gasteiger partial charge in [-0.3, -0.25) is 4.79 Å². The number of amides is 1. The van der Waals surface area contributed by atoms with E-state index >= 15 is 0 Å². The number of anilines is 1. The third-order valence-corrected chi connectivity index (χ3v) is 4.98. The molecule has 1 aromatic rings. The smallest absolute Gasteiger partial charge is 0.257 e. The summed E-state index contributed by atoms with van der Waals surface area (Å²) in [7, 11) is 3.31. The maximum Gasteiger partial charge on any atom is 0.257 e. The Morgan fingerprint density at radius 2 is 2.12 bits per heavy atom.